The highest BCUT2D eigenvalue weighted by Gasteiger charge is 2.25. The average Bonchev–Trinajstić information content (AvgIpc) is 2.62. The zero-order valence-corrected chi connectivity index (χ0v) is 17.2. The highest BCUT2D eigenvalue weighted by atomic mass is 35.5. The summed E-state index contributed by atoms with van der Waals surface area (Å²) < 4.78 is 5.69. The number of pyridine rings is 1. The van der Waals surface area contributed by atoms with Gasteiger partial charge in [0, 0.05) is 23.8 Å². The van der Waals surface area contributed by atoms with Crippen LogP contribution in [-0.2, 0) is 11.4 Å². The number of anilines is 1. The molecule has 1 aliphatic carbocycles. The number of halogens is 3. The molecule has 3 rings (SSSR count). The molecule has 1 aliphatic rings. The van der Waals surface area contributed by atoms with Gasteiger partial charge < -0.3 is 15.8 Å². The predicted molar refractivity (Wildman–Crippen MR) is 113 cm³/mol. The van der Waals surface area contributed by atoms with Gasteiger partial charge in [0.25, 0.3) is 0 Å². The molecular formula is C19H24Cl3N3O2. The highest BCUT2D eigenvalue weighted by molar-refractivity contribution is 6.32. The molecule has 0 spiro atoms. The number of rotatable bonds is 5. The molecule has 0 saturated heterocycles. The third-order valence-electron chi connectivity index (χ3n) is 4.39. The maximum absolute atomic E-state index is 12.4. The predicted octanol–water partition coefficient (Wildman–Crippen LogP) is 4.61. The van der Waals surface area contributed by atoms with Crippen LogP contribution in [0.4, 0.5) is 5.69 Å². The van der Waals surface area contributed by atoms with Crippen molar-refractivity contribution in [2.24, 2.45) is 11.7 Å². The van der Waals surface area contributed by atoms with E-state index in [1.807, 2.05) is 18.2 Å². The summed E-state index contributed by atoms with van der Waals surface area (Å²) in [4.78, 5) is 16.6. The molecule has 1 aromatic heterocycles. The molecule has 1 aromatic carbocycles. The lowest BCUT2D eigenvalue weighted by atomic mass is 9.85. The van der Waals surface area contributed by atoms with Crippen molar-refractivity contribution in [1.82, 2.24) is 4.98 Å². The van der Waals surface area contributed by atoms with Gasteiger partial charge in [0.1, 0.15) is 12.4 Å². The van der Waals surface area contributed by atoms with E-state index in [9.17, 15) is 4.79 Å². The van der Waals surface area contributed by atoms with E-state index in [-0.39, 0.29) is 42.7 Å². The summed E-state index contributed by atoms with van der Waals surface area (Å²) >= 11 is 6.27. The first-order valence-corrected chi connectivity index (χ1v) is 8.88. The molecule has 1 heterocycles. The summed E-state index contributed by atoms with van der Waals surface area (Å²) in [6.07, 6.45) is 5.34. The molecule has 27 heavy (non-hydrogen) atoms. The molecule has 8 heteroatoms. The van der Waals surface area contributed by atoms with E-state index < -0.39 is 0 Å². The third kappa shape index (κ3) is 6.85. The minimum absolute atomic E-state index is 0. The van der Waals surface area contributed by atoms with E-state index in [0.717, 1.165) is 31.4 Å². The minimum Gasteiger partial charge on any atom is -0.486 e. The van der Waals surface area contributed by atoms with Gasteiger partial charge in [0.05, 0.1) is 10.7 Å². The van der Waals surface area contributed by atoms with Crippen LogP contribution in [-0.4, -0.2) is 16.9 Å². The Balaban J connectivity index is 0.00000182. The van der Waals surface area contributed by atoms with E-state index in [1.165, 1.54) is 0 Å². The Hall–Kier alpha value is -1.53. The van der Waals surface area contributed by atoms with Gasteiger partial charge in [-0.05, 0) is 49.6 Å². The van der Waals surface area contributed by atoms with Crippen molar-refractivity contribution in [3.63, 3.8) is 0 Å². The Labute approximate surface area is 176 Å². The Bertz CT molecular complexity index is 731. The zero-order chi connectivity index (χ0) is 17.6. The van der Waals surface area contributed by atoms with Crippen LogP contribution < -0.4 is 15.8 Å². The number of nitrogens with zero attached hydrogens (tertiary/aromatic N) is 1. The minimum atomic E-state index is -0.0254. The Morgan fingerprint density at radius 1 is 1.26 bits per heavy atom. The van der Waals surface area contributed by atoms with Gasteiger partial charge in [-0.3, -0.25) is 9.78 Å². The molecule has 2 unspecified atom stereocenters. The highest BCUT2D eigenvalue weighted by Crippen LogP contribution is 2.29. The van der Waals surface area contributed by atoms with E-state index in [1.54, 1.807) is 24.4 Å². The Morgan fingerprint density at radius 3 is 2.74 bits per heavy atom. The molecule has 0 radical (unpaired) electrons. The molecular weight excluding hydrogens is 409 g/mol. The number of amides is 1. The first kappa shape index (κ1) is 23.5. The lowest BCUT2D eigenvalue weighted by Crippen LogP contribution is -2.34. The molecule has 1 amide bonds. The standard InChI is InChI=1S/C19H22ClN3O2.2ClH/c20-17-11-15(23-19(24)13-4-3-5-14(21)10-13)7-8-18(17)25-12-16-6-1-2-9-22-16;;/h1-2,6-9,11,13-14H,3-5,10,12,21H2,(H,23,24);2*1H. The summed E-state index contributed by atoms with van der Waals surface area (Å²) in [6.45, 7) is 0.340. The van der Waals surface area contributed by atoms with Crippen molar-refractivity contribution >= 4 is 48.0 Å². The Kier molecular flexibility index (Phi) is 9.88. The number of nitrogens with two attached hydrogens (primary N) is 1. The van der Waals surface area contributed by atoms with Gasteiger partial charge in [-0.25, -0.2) is 0 Å². The largest absolute Gasteiger partial charge is 0.486 e. The number of aromatic nitrogens is 1. The van der Waals surface area contributed by atoms with Crippen molar-refractivity contribution in [3.05, 3.63) is 53.3 Å². The van der Waals surface area contributed by atoms with Crippen LogP contribution in [0.2, 0.25) is 5.02 Å². The smallest absolute Gasteiger partial charge is 0.227 e. The zero-order valence-electron chi connectivity index (χ0n) is 14.8. The van der Waals surface area contributed by atoms with Crippen LogP contribution in [0.15, 0.2) is 42.6 Å². The third-order valence-corrected chi connectivity index (χ3v) is 4.68. The monoisotopic (exact) mass is 431 g/mol. The van der Waals surface area contributed by atoms with Crippen LogP contribution in [0.5, 0.6) is 5.75 Å². The van der Waals surface area contributed by atoms with Gasteiger partial charge in [-0.2, -0.15) is 0 Å². The molecule has 1 saturated carbocycles. The van der Waals surface area contributed by atoms with E-state index in [4.69, 9.17) is 22.1 Å². The molecule has 1 fully saturated rings. The summed E-state index contributed by atoms with van der Waals surface area (Å²) in [5, 5.41) is 3.38. The van der Waals surface area contributed by atoms with Crippen molar-refractivity contribution in [2.45, 2.75) is 38.3 Å². The van der Waals surface area contributed by atoms with Gasteiger partial charge in [0.15, 0.2) is 0 Å². The second-order valence-corrected chi connectivity index (χ2v) is 6.78. The van der Waals surface area contributed by atoms with Crippen LogP contribution in [0.1, 0.15) is 31.4 Å². The number of hydrogen-bond donors (Lipinski definition) is 2. The number of nitrogens with one attached hydrogen (secondary N) is 1. The summed E-state index contributed by atoms with van der Waals surface area (Å²) in [5.74, 6) is 0.543. The van der Waals surface area contributed by atoms with Gasteiger partial charge in [-0.1, -0.05) is 24.1 Å². The summed E-state index contributed by atoms with van der Waals surface area (Å²) in [6, 6.07) is 11.0. The number of carbonyl (C=O) groups excluding carboxylic acids is 1. The quantitative estimate of drug-likeness (QED) is 0.723. The molecule has 2 aromatic rings. The first-order valence-electron chi connectivity index (χ1n) is 8.50. The van der Waals surface area contributed by atoms with Crippen LogP contribution in [0.25, 0.3) is 0 Å². The lowest BCUT2D eigenvalue weighted by Gasteiger charge is -2.25. The maximum atomic E-state index is 12.4. The summed E-state index contributed by atoms with van der Waals surface area (Å²) in [7, 11) is 0. The molecule has 148 valence electrons. The number of hydrogen-bond acceptors (Lipinski definition) is 4. The van der Waals surface area contributed by atoms with Crippen molar-refractivity contribution in [2.75, 3.05) is 5.32 Å². The van der Waals surface area contributed by atoms with Crippen molar-refractivity contribution < 1.29 is 9.53 Å². The normalized spacial score (nSPS) is 18.6. The number of benzene rings is 1. The second-order valence-electron chi connectivity index (χ2n) is 6.37. The van der Waals surface area contributed by atoms with Crippen LogP contribution in [0, 0.1) is 5.92 Å². The molecule has 2 atom stereocenters. The lowest BCUT2D eigenvalue weighted by molar-refractivity contribution is -0.120. The molecule has 5 nitrogen and oxygen atoms in total. The fraction of sp³-hybridized carbons (Fsp3) is 0.368. The molecule has 0 aliphatic heterocycles. The Morgan fingerprint density at radius 2 is 2.07 bits per heavy atom. The first-order chi connectivity index (χ1) is 12.1. The SMILES string of the molecule is Cl.Cl.NC1CCCC(C(=O)Nc2ccc(OCc3ccccn3)c(Cl)c2)C1. The fourth-order valence-corrected chi connectivity index (χ4v) is 3.28. The van der Waals surface area contributed by atoms with Crippen molar-refractivity contribution in [3.8, 4) is 5.75 Å². The van der Waals surface area contributed by atoms with Gasteiger partial charge in [-0.15, -0.1) is 24.8 Å². The molecule has 0 bridgehead atoms. The molecule has 3 N–H and O–H groups in total. The van der Waals surface area contributed by atoms with Crippen molar-refractivity contribution in [1.29, 1.82) is 0 Å². The van der Waals surface area contributed by atoms with Gasteiger partial charge in [0.2, 0.25) is 5.91 Å². The van der Waals surface area contributed by atoms with E-state index in [0.29, 0.717) is 23.1 Å². The van der Waals surface area contributed by atoms with Gasteiger partial charge >= 0.3 is 0 Å². The van der Waals surface area contributed by atoms with E-state index in [2.05, 4.69) is 10.3 Å². The number of ether oxygens (including phenoxy) is 1. The summed E-state index contributed by atoms with van der Waals surface area (Å²) in [5.41, 5.74) is 7.45. The topological polar surface area (TPSA) is 77.2 Å². The van der Waals surface area contributed by atoms with E-state index >= 15 is 0 Å². The fourth-order valence-electron chi connectivity index (χ4n) is 3.04. The maximum Gasteiger partial charge on any atom is 0.227 e. The van der Waals surface area contributed by atoms with Crippen LogP contribution >= 0.6 is 36.4 Å². The average molecular weight is 433 g/mol. The number of carbonyl (C=O) groups is 1. The van der Waals surface area contributed by atoms with Crippen LogP contribution in [0.3, 0.4) is 0 Å². The second kappa shape index (κ2) is 11.3.